The molecule has 1 atom stereocenters. The SMILES string of the molecule is CCCCCCCCCCCCCCCCCCCC(=O)OC[C@H](COC(=O)CCCCCCCCCCCCC(C)C)OC(=O)CCCCCCCCCCCCCCCCCC(C)C. The Morgan fingerprint density at radius 2 is 0.500 bits per heavy atom. The lowest BCUT2D eigenvalue weighted by Gasteiger charge is -2.18. The highest BCUT2D eigenvalue weighted by Gasteiger charge is 2.19. The molecule has 0 heterocycles. The minimum absolute atomic E-state index is 0.0625. The molecule has 6 heteroatoms. The third kappa shape index (κ3) is 53.4. The summed E-state index contributed by atoms with van der Waals surface area (Å²) in [7, 11) is 0. The van der Waals surface area contributed by atoms with Crippen molar-refractivity contribution in [3.05, 3.63) is 0 Å². The van der Waals surface area contributed by atoms with Crippen LogP contribution in [0, 0.1) is 11.8 Å². The van der Waals surface area contributed by atoms with Crippen LogP contribution in [0.5, 0.6) is 0 Å². The minimum Gasteiger partial charge on any atom is -0.462 e. The van der Waals surface area contributed by atoms with Crippen molar-refractivity contribution >= 4 is 17.9 Å². The molecule has 0 fully saturated rings. The second-order valence-electron chi connectivity index (χ2n) is 21.6. The molecular formula is C60H116O6. The third-order valence-electron chi connectivity index (χ3n) is 13.7. The Labute approximate surface area is 412 Å². The van der Waals surface area contributed by atoms with Gasteiger partial charge in [0.25, 0.3) is 0 Å². The van der Waals surface area contributed by atoms with Crippen LogP contribution in [0.4, 0.5) is 0 Å². The molecule has 0 aromatic heterocycles. The van der Waals surface area contributed by atoms with Gasteiger partial charge < -0.3 is 14.2 Å². The molecule has 0 aromatic carbocycles. The summed E-state index contributed by atoms with van der Waals surface area (Å²) in [4.78, 5) is 38.2. The topological polar surface area (TPSA) is 78.9 Å². The van der Waals surface area contributed by atoms with Gasteiger partial charge in [-0.15, -0.1) is 0 Å². The molecule has 0 N–H and O–H groups in total. The minimum atomic E-state index is -0.763. The molecular weight excluding hydrogens is 817 g/mol. The highest BCUT2D eigenvalue weighted by atomic mass is 16.6. The van der Waals surface area contributed by atoms with E-state index in [2.05, 4.69) is 34.6 Å². The van der Waals surface area contributed by atoms with E-state index in [0.717, 1.165) is 69.6 Å². The van der Waals surface area contributed by atoms with Gasteiger partial charge in [-0.25, -0.2) is 0 Å². The number of hydrogen-bond acceptors (Lipinski definition) is 6. The number of rotatable bonds is 54. The molecule has 0 saturated carbocycles. The van der Waals surface area contributed by atoms with Crippen molar-refractivity contribution < 1.29 is 28.6 Å². The molecule has 6 nitrogen and oxygen atoms in total. The highest BCUT2D eigenvalue weighted by molar-refractivity contribution is 5.71. The molecule has 0 bridgehead atoms. The van der Waals surface area contributed by atoms with Crippen LogP contribution in [-0.2, 0) is 28.6 Å². The maximum Gasteiger partial charge on any atom is 0.306 e. The quantitative estimate of drug-likeness (QED) is 0.0343. The van der Waals surface area contributed by atoms with Crippen molar-refractivity contribution in [3.63, 3.8) is 0 Å². The number of carbonyl (C=O) groups excluding carboxylic acids is 3. The predicted octanol–water partition coefficient (Wildman–Crippen LogP) is 19.7. The van der Waals surface area contributed by atoms with Crippen molar-refractivity contribution in [1.82, 2.24) is 0 Å². The maximum atomic E-state index is 12.9. The van der Waals surface area contributed by atoms with Gasteiger partial charge in [0.15, 0.2) is 6.10 Å². The van der Waals surface area contributed by atoms with Gasteiger partial charge in [0.2, 0.25) is 0 Å². The summed E-state index contributed by atoms with van der Waals surface area (Å²) in [6, 6.07) is 0. The summed E-state index contributed by atoms with van der Waals surface area (Å²) in [5.74, 6) is 0.829. The molecule has 0 spiro atoms. The summed E-state index contributed by atoms with van der Waals surface area (Å²) < 4.78 is 16.9. The van der Waals surface area contributed by atoms with E-state index in [-0.39, 0.29) is 31.1 Å². The fourth-order valence-corrected chi connectivity index (χ4v) is 9.23. The molecule has 0 aromatic rings. The van der Waals surface area contributed by atoms with Gasteiger partial charge in [-0.05, 0) is 31.1 Å². The van der Waals surface area contributed by atoms with Crippen LogP contribution < -0.4 is 0 Å². The molecule has 392 valence electrons. The summed E-state index contributed by atoms with van der Waals surface area (Å²) in [5.41, 5.74) is 0. The molecule has 66 heavy (non-hydrogen) atoms. The fourth-order valence-electron chi connectivity index (χ4n) is 9.23. The van der Waals surface area contributed by atoms with Crippen LogP contribution in [0.3, 0.4) is 0 Å². The van der Waals surface area contributed by atoms with E-state index in [1.54, 1.807) is 0 Å². The average Bonchev–Trinajstić information content (AvgIpc) is 3.29. The third-order valence-corrected chi connectivity index (χ3v) is 13.7. The number of ether oxygens (including phenoxy) is 3. The first-order chi connectivity index (χ1) is 32.2. The lowest BCUT2D eigenvalue weighted by atomic mass is 10.0. The monoisotopic (exact) mass is 933 g/mol. The zero-order valence-corrected chi connectivity index (χ0v) is 45.3. The zero-order chi connectivity index (χ0) is 48.2. The number of unbranched alkanes of at least 4 members (excludes halogenated alkanes) is 39. The van der Waals surface area contributed by atoms with Crippen LogP contribution in [0.15, 0.2) is 0 Å². The molecule has 0 rings (SSSR count). The number of carbonyl (C=O) groups is 3. The summed E-state index contributed by atoms with van der Waals surface area (Å²) in [6.45, 7) is 11.4. The van der Waals surface area contributed by atoms with E-state index < -0.39 is 6.10 Å². The zero-order valence-electron chi connectivity index (χ0n) is 45.3. The van der Waals surface area contributed by atoms with E-state index in [4.69, 9.17) is 14.2 Å². The van der Waals surface area contributed by atoms with Crippen molar-refractivity contribution in [1.29, 1.82) is 0 Å². The predicted molar refractivity (Wildman–Crippen MR) is 284 cm³/mol. The van der Waals surface area contributed by atoms with E-state index in [1.165, 1.54) is 225 Å². The molecule has 0 unspecified atom stereocenters. The smallest absolute Gasteiger partial charge is 0.306 e. The maximum absolute atomic E-state index is 12.9. The first-order valence-corrected chi connectivity index (χ1v) is 29.7. The Hall–Kier alpha value is -1.59. The summed E-state index contributed by atoms with van der Waals surface area (Å²) in [6.07, 6.45) is 56.7. The lowest BCUT2D eigenvalue weighted by molar-refractivity contribution is -0.167. The second-order valence-corrected chi connectivity index (χ2v) is 21.6. The largest absolute Gasteiger partial charge is 0.462 e. The Morgan fingerprint density at radius 3 is 0.742 bits per heavy atom. The van der Waals surface area contributed by atoms with Crippen molar-refractivity contribution in [2.45, 2.75) is 343 Å². The van der Waals surface area contributed by atoms with Gasteiger partial charge in [0.1, 0.15) is 13.2 Å². The van der Waals surface area contributed by atoms with Crippen LogP contribution in [0.2, 0.25) is 0 Å². The summed E-state index contributed by atoms with van der Waals surface area (Å²) >= 11 is 0. The first kappa shape index (κ1) is 64.4. The van der Waals surface area contributed by atoms with Gasteiger partial charge in [0.05, 0.1) is 0 Å². The molecule has 0 saturated heterocycles. The summed E-state index contributed by atoms with van der Waals surface area (Å²) in [5, 5.41) is 0. The van der Waals surface area contributed by atoms with Gasteiger partial charge >= 0.3 is 17.9 Å². The highest BCUT2D eigenvalue weighted by Crippen LogP contribution is 2.18. The van der Waals surface area contributed by atoms with Gasteiger partial charge in [-0.1, -0.05) is 298 Å². The molecule has 0 aliphatic rings. The Balaban J connectivity index is 4.28. The van der Waals surface area contributed by atoms with Crippen LogP contribution in [0.1, 0.15) is 336 Å². The van der Waals surface area contributed by atoms with E-state index >= 15 is 0 Å². The first-order valence-electron chi connectivity index (χ1n) is 29.7. The second kappa shape index (κ2) is 52.8. The molecule has 0 aliphatic carbocycles. The van der Waals surface area contributed by atoms with E-state index in [1.807, 2.05) is 0 Å². The normalized spacial score (nSPS) is 12.0. The van der Waals surface area contributed by atoms with E-state index in [9.17, 15) is 14.4 Å². The number of hydrogen-bond donors (Lipinski definition) is 0. The lowest BCUT2D eigenvalue weighted by Crippen LogP contribution is -2.30. The van der Waals surface area contributed by atoms with Crippen LogP contribution in [-0.4, -0.2) is 37.2 Å². The molecule has 0 radical (unpaired) electrons. The average molecular weight is 934 g/mol. The van der Waals surface area contributed by atoms with Gasteiger partial charge in [0, 0.05) is 19.3 Å². The standard InChI is InChI=1S/C60H116O6/c1-6-7-8-9-10-11-12-13-14-15-18-21-24-30-35-40-45-50-58(61)64-53-57(54-65-59(62)51-46-41-36-31-27-26-29-34-39-44-49-56(4)5)66-60(63)52-47-42-37-32-25-22-19-16-17-20-23-28-33-38-43-48-55(2)3/h55-57H,6-54H2,1-5H3/t57-/m1/s1. The fraction of sp³-hybridized carbons (Fsp3) is 0.950. The number of esters is 3. The molecule has 0 amide bonds. The van der Waals surface area contributed by atoms with Crippen molar-refractivity contribution in [2.24, 2.45) is 11.8 Å². The van der Waals surface area contributed by atoms with Crippen LogP contribution >= 0.6 is 0 Å². The molecule has 0 aliphatic heterocycles. The Bertz CT molecular complexity index is 1010. The van der Waals surface area contributed by atoms with Crippen molar-refractivity contribution in [2.75, 3.05) is 13.2 Å². The Morgan fingerprint density at radius 1 is 0.288 bits per heavy atom. The van der Waals surface area contributed by atoms with E-state index in [0.29, 0.717) is 19.3 Å². The van der Waals surface area contributed by atoms with Gasteiger partial charge in [-0.3, -0.25) is 14.4 Å². The van der Waals surface area contributed by atoms with Crippen molar-refractivity contribution in [3.8, 4) is 0 Å². The van der Waals surface area contributed by atoms with Gasteiger partial charge in [-0.2, -0.15) is 0 Å². The Kier molecular flexibility index (Phi) is 51.5. The van der Waals surface area contributed by atoms with Crippen LogP contribution in [0.25, 0.3) is 0 Å².